The Morgan fingerprint density at radius 3 is 2.71 bits per heavy atom. The third-order valence-electron chi connectivity index (χ3n) is 1.79. The summed E-state index contributed by atoms with van der Waals surface area (Å²) in [5.74, 6) is -1.10. The number of nitrogens with zero attached hydrogens (tertiary/aromatic N) is 1. The zero-order valence-corrected chi connectivity index (χ0v) is 10.5. The molecule has 6 heteroatoms. The first kappa shape index (κ1) is 11.6. The fourth-order valence-corrected chi connectivity index (χ4v) is 2.04. The van der Waals surface area contributed by atoms with Gasteiger partial charge >= 0.3 is 5.97 Å². The van der Waals surface area contributed by atoms with Crippen LogP contribution in [0.3, 0.4) is 0 Å². The topological polar surface area (TPSA) is 76.2 Å². The molecule has 0 aliphatic heterocycles. The summed E-state index contributed by atoms with van der Waals surface area (Å²) < 4.78 is 1.44. The number of halogens is 2. The average molecular weight is 324 g/mol. The second-order valence-electron chi connectivity index (χ2n) is 2.75. The smallest absolute Gasteiger partial charge is 0.326 e. The lowest BCUT2D eigenvalue weighted by Gasteiger charge is -2.10. The highest BCUT2D eigenvalue weighted by atomic mass is 79.9. The first-order valence-electron chi connectivity index (χ1n) is 3.74. The molecule has 0 bridgehead atoms. The van der Waals surface area contributed by atoms with Gasteiger partial charge in [0.2, 0.25) is 0 Å². The molecule has 0 aliphatic rings. The number of hydrogen-bond acceptors (Lipinski definition) is 3. The van der Waals surface area contributed by atoms with Crippen molar-refractivity contribution < 1.29 is 9.90 Å². The molecule has 1 heterocycles. The molecule has 1 aromatic heterocycles. The van der Waals surface area contributed by atoms with Crippen LogP contribution >= 0.6 is 31.9 Å². The number of aromatic nitrogens is 1. The molecule has 1 atom stereocenters. The number of aliphatic carboxylic acids is 1. The third kappa shape index (κ3) is 2.13. The SMILES string of the molecule is Cc1c(Br)cnc(C(N)C(=O)O)c1Br. The standard InChI is InChI=1S/C8H8Br2N2O2/c1-3-4(9)2-12-7(5(3)10)6(11)8(13)14/h2,6H,11H2,1H3,(H,13,14). The summed E-state index contributed by atoms with van der Waals surface area (Å²) in [5, 5.41) is 8.72. The Labute approximate surface area is 97.8 Å². The molecule has 0 saturated heterocycles. The quantitative estimate of drug-likeness (QED) is 0.872. The van der Waals surface area contributed by atoms with Crippen molar-refractivity contribution in [2.75, 3.05) is 0 Å². The molecule has 0 saturated carbocycles. The van der Waals surface area contributed by atoms with Crippen molar-refractivity contribution in [1.29, 1.82) is 0 Å². The van der Waals surface area contributed by atoms with Crippen molar-refractivity contribution in [3.8, 4) is 0 Å². The van der Waals surface area contributed by atoms with Crippen molar-refractivity contribution >= 4 is 37.8 Å². The van der Waals surface area contributed by atoms with Crippen LogP contribution in [-0.2, 0) is 4.79 Å². The normalized spacial score (nSPS) is 12.6. The van der Waals surface area contributed by atoms with Crippen LogP contribution in [0.1, 0.15) is 17.3 Å². The van der Waals surface area contributed by atoms with Crippen molar-refractivity contribution in [2.24, 2.45) is 5.73 Å². The molecule has 1 rings (SSSR count). The van der Waals surface area contributed by atoms with Gasteiger partial charge < -0.3 is 10.8 Å². The fourth-order valence-electron chi connectivity index (χ4n) is 0.910. The Hall–Kier alpha value is -0.460. The Morgan fingerprint density at radius 2 is 2.21 bits per heavy atom. The number of rotatable bonds is 2. The summed E-state index contributed by atoms with van der Waals surface area (Å²) in [6, 6.07) is -1.10. The van der Waals surface area contributed by atoms with Crippen LogP contribution in [0, 0.1) is 6.92 Å². The lowest BCUT2D eigenvalue weighted by Crippen LogP contribution is -2.22. The molecule has 0 aliphatic carbocycles. The van der Waals surface area contributed by atoms with Gasteiger partial charge in [0.15, 0.2) is 0 Å². The first-order valence-corrected chi connectivity index (χ1v) is 5.32. The van der Waals surface area contributed by atoms with Crippen molar-refractivity contribution in [2.45, 2.75) is 13.0 Å². The molecule has 0 fully saturated rings. The predicted molar refractivity (Wildman–Crippen MR) is 58.9 cm³/mol. The van der Waals surface area contributed by atoms with Gasteiger partial charge in [-0.05, 0) is 44.3 Å². The summed E-state index contributed by atoms with van der Waals surface area (Å²) in [7, 11) is 0. The summed E-state index contributed by atoms with van der Waals surface area (Å²) in [6.07, 6.45) is 1.54. The molecule has 1 aromatic rings. The zero-order chi connectivity index (χ0) is 10.9. The zero-order valence-electron chi connectivity index (χ0n) is 7.29. The third-order valence-corrected chi connectivity index (χ3v) is 3.59. The van der Waals surface area contributed by atoms with Crippen molar-refractivity contribution in [3.63, 3.8) is 0 Å². The minimum absolute atomic E-state index is 0.332. The van der Waals surface area contributed by atoms with E-state index in [2.05, 4.69) is 36.8 Å². The number of carboxylic acids is 1. The second-order valence-corrected chi connectivity index (χ2v) is 4.39. The van der Waals surface area contributed by atoms with Gasteiger partial charge in [0, 0.05) is 15.1 Å². The minimum Gasteiger partial charge on any atom is -0.480 e. The summed E-state index contributed by atoms with van der Waals surface area (Å²) >= 11 is 6.55. The van der Waals surface area contributed by atoms with Crippen LogP contribution in [-0.4, -0.2) is 16.1 Å². The molecule has 3 N–H and O–H groups in total. The molecule has 0 amide bonds. The maximum absolute atomic E-state index is 10.7. The van der Waals surface area contributed by atoms with Crippen molar-refractivity contribution in [1.82, 2.24) is 4.98 Å². The van der Waals surface area contributed by atoms with Gasteiger partial charge in [-0.15, -0.1) is 0 Å². The van der Waals surface area contributed by atoms with E-state index in [4.69, 9.17) is 10.8 Å². The van der Waals surface area contributed by atoms with Gasteiger partial charge in [0.05, 0.1) is 5.69 Å². The molecule has 14 heavy (non-hydrogen) atoms. The molecule has 76 valence electrons. The van der Waals surface area contributed by atoms with Crippen LogP contribution < -0.4 is 5.73 Å². The maximum Gasteiger partial charge on any atom is 0.326 e. The monoisotopic (exact) mass is 322 g/mol. The van der Waals surface area contributed by atoms with E-state index in [-0.39, 0.29) is 0 Å². The maximum atomic E-state index is 10.7. The van der Waals surface area contributed by atoms with Gasteiger partial charge in [-0.1, -0.05) is 0 Å². The van der Waals surface area contributed by atoms with Crippen LogP contribution in [0.4, 0.5) is 0 Å². The molecule has 1 unspecified atom stereocenters. The number of nitrogens with two attached hydrogens (primary N) is 1. The van der Waals surface area contributed by atoms with E-state index >= 15 is 0 Å². The van der Waals surface area contributed by atoms with Gasteiger partial charge in [-0.3, -0.25) is 9.78 Å². The van der Waals surface area contributed by atoms with E-state index in [1.54, 1.807) is 0 Å². The first-order chi connectivity index (χ1) is 6.45. The largest absolute Gasteiger partial charge is 0.480 e. The van der Waals surface area contributed by atoms with Gasteiger partial charge in [-0.2, -0.15) is 0 Å². The Morgan fingerprint density at radius 1 is 1.64 bits per heavy atom. The average Bonchev–Trinajstić information content (AvgIpc) is 2.13. The van der Waals surface area contributed by atoms with Gasteiger partial charge in [0.1, 0.15) is 6.04 Å². The number of hydrogen-bond donors (Lipinski definition) is 2. The highest BCUT2D eigenvalue weighted by Gasteiger charge is 2.20. The van der Waals surface area contributed by atoms with E-state index in [1.807, 2.05) is 6.92 Å². The molecular formula is C8H8Br2N2O2. The molecule has 0 radical (unpaired) electrons. The molecule has 0 spiro atoms. The number of carboxylic acid groups (broad SMARTS) is 1. The molecule has 4 nitrogen and oxygen atoms in total. The van der Waals surface area contributed by atoms with Gasteiger partial charge in [-0.25, -0.2) is 0 Å². The Balaban J connectivity index is 3.24. The predicted octanol–water partition coefficient (Wildman–Crippen LogP) is 2.00. The fraction of sp³-hybridized carbons (Fsp3) is 0.250. The minimum atomic E-state index is -1.10. The van der Waals surface area contributed by atoms with Crippen LogP contribution in [0.2, 0.25) is 0 Å². The van der Waals surface area contributed by atoms with Crippen molar-refractivity contribution in [3.05, 3.63) is 26.4 Å². The van der Waals surface area contributed by atoms with E-state index < -0.39 is 12.0 Å². The molecular weight excluding hydrogens is 316 g/mol. The number of pyridine rings is 1. The van der Waals surface area contributed by atoms with E-state index in [9.17, 15) is 4.79 Å². The van der Waals surface area contributed by atoms with Crippen LogP contribution in [0.15, 0.2) is 15.1 Å². The second kappa shape index (κ2) is 4.37. The van der Waals surface area contributed by atoms with Crippen LogP contribution in [0.25, 0.3) is 0 Å². The Bertz CT molecular complexity index is 382. The van der Waals surface area contributed by atoms with E-state index in [0.29, 0.717) is 10.2 Å². The highest BCUT2D eigenvalue weighted by molar-refractivity contribution is 9.11. The van der Waals surface area contributed by atoms with Crippen LogP contribution in [0.5, 0.6) is 0 Å². The lowest BCUT2D eigenvalue weighted by atomic mass is 10.1. The number of carbonyl (C=O) groups is 1. The summed E-state index contributed by atoms with van der Waals surface area (Å²) in [6.45, 7) is 1.84. The molecule has 0 aromatic carbocycles. The van der Waals surface area contributed by atoms with E-state index in [1.165, 1.54) is 6.20 Å². The highest BCUT2D eigenvalue weighted by Crippen LogP contribution is 2.28. The van der Waals surface area contributed by atoms with E-state index in [0.717, 1.165) is 10.0 Å². The van der Waals surface area contributed by atoms with Gasteiger partial charge in [0.25, 0.3) is 0 Å². The summed E-state index contributed by atoms with van der Waals surface area (Å²) in [5.41, 5.74) is 6.66. The summed E-state index contributed by atoms with van der Waals surface area (Å²) in [4.78, 5) is 14.6. The lowest BCUT2D eigenvalue weighted by molar-refractivity contribution is -0.138. The Kier molecular flexibility index (Phi) is 3.63.